The number of esters is 2. The van der Waals surface area contributed by atoms with Crippen molar-refractivity contribution in [1.82, 2.24) is 0 Å². The van der Waals surface area contributed by atoms with Gasteiger partial charge in [0.25, 0.3) is 0 Å². The van der Waals surface area contributed by atoms with E-state index in [1.165, 1.54) is 39.5 Å². The second-order valence-electron chi connectivity index (χ2n) is 9.52. The molecule has 0 bridgehead atoms. The lowest BCUT2D eigenvalue weighted by Crippen LogP contribution is -2.33. The summed E-state index contributed by atoms with van der Waals surface area (Å²) in [4.78, 5) is 34.1. The molecule has 4 atom stereocenters. The van der Waals surface area contributed by atoms with E-state index in [0.717, 1.165) is 44.9 Å². The summed E-state index contributed by atoms with van der Waals surface area (Å²) in [6.07, 6.45) is 21.1. The van der Waals surface area contributed by atoms with Gasteiger partial charge >= 0.3 is 17.9 Å². The van der Waals surface area contributed by atoms with Gasteiger partial charge in [-0.3, -0.25) is 14.4 Å². The number of unbranched alkanes of at least 4 members (excludes halogenated alkanes) is 5. The first kappa shape index (κ1) is 29.9. The highest BCUT2D eigenvalue weighted by Crippen LogP contribution is 2.36. The van der Waals surface area contributed by atoms with E-state index in [4.69, 9.17) is 14.6 Å². The Kier molecular flexibility index (Phi) is 16.1. The first-order valence-electron chi connectivity index (χ1n) is 13.2. The van der Waals surface area contributed by atoms with Gasteiger partial charge in [-0.05, 0) is 50.5 Å². The molecule has 6 heteroatoms. The van der Waals surface area contributed by atoms with Crippen molar-refractivity contribution >= 4 is 17.9 Å². The van der Waals surface area contributed by atoms with Crippen LogP contribution in [0.15, 0.2) is 24.3 Å². The Bertz CT molecular complexity index is 653. The van der Waals surface area contributed by atoms with Crippen molar-refractivity contribution in [1.29, 1.82) is 0 Å². The van der Waals surface area contributed by atoms with E-state index >= 15 is 0 Å². The maximum atomic E-state index is 11.7. The molecule has 0 aliphatic heterocycles. The highest BCUT2D eigenvalue weighted by atomic mass is 16.5. The van der Waals surface area contributed by atoms with Gasteiger partial charge in [0.05, 0.1) is 0 Å². The van der Waals surface area contributed by atoms with E-state index in [0.29, 0.717) is 12.8 Å². The third-order valence-corrected chi connectivity index (χ3v) is 6.50. The van der Waals surface area contributed by atoms with Gasteiger partial charge in [0, 0.05) is 26.2 Å². The van der Waals surface area contributed by atoms with E-state index in [1.54, 1.807) is 0 Å². The van der Waals surface area contributed by atoms with Crippen LogP contribution in [0.3, 0.4) is 0 Å². The van der Waals surface area contributed by atoms with Gasteiger partial charge in [0.1, 0.15) is 12.2 Å². The predicted molar refractivity (Wildman–Crippen MR) is 134 cm³/mol. The monoisotopic (exact) mass is 478 g/mol. The maximum Gasteiger partial charge on any atom is 0.303 e. The highest BCUT2D eigenvalue weighted by molar-refractivity contribution is 5.67. The van der Waals surface area contributed by atoms with Crippen LogP contribution in [0.25, 0.3) is 0 Å². The van der Waals surface area contributed by atoms with Crippen LogP contribution in [0.1, 0.15) is 111 Å². The molecule has 0 aromatic heterocycles. The molecule has 0 aromatic carbocycles. The second kappa shape index (κ2) is 18.2. The van der Waals surface area contributed by atoms with Gasteiger partial charge in [0.15, 0.2) is 0 Å². The zero-order valence-electron chi connectivity index (χ0n) is 21.5. The fourth-order valence-electron chi connectivity index (χ4n) is 4.85. The molecule has 0 amide bonds. The molecule has 0 aromatic rings. The molecule has 2 unspecified atom stereocenters. The number of carboxylic acid groups (broad SMARTS) is 1. The standard InChI is InChI=1S/C28H46O6/c1-4-5-6-7-8-9-17-25(33-22(2)29)18-12-10-15-24-16-11-13-19-26(24)27(34-23(3)30)20-14-21-28(31)32/h10,12,15,18,24-27H,4-9,11,13-14,16-17,19-21H2,1-3H3,(H,31,32)/b15-10+,18-12+/t24-,25?,26+,27?/m0/s1. The zero-order valence-corrected chi connectivity index (χ0v) is 21.5. The molecule has 194 valence electrons. The first-order valence-corrected chi connectivity index (χ1v) is 13.2. The maximum absolute atomic E-state index is 11.7. The molecule has 1 saturated carbocycles. The number of allylic oxidation sites excluding steroid dienone is 3. The number of ether oxygens (including phenoxy) is 2. The van der Waals surface area contributed by atoms with Crippen molar-refractivity contribution in [3.8, 4) is 0 Å². The first-order chi connectivity index (χ1) is 16.3. The topological polar surface area (TPSA) is 89.9 Å². The van der Waals surface area contributed by atoms with Crippen molar-refractivity contribution < 1.29 is 29.0 Å². The number of carbonyl (C=O) groups is 3. The average molecular weight is 479 g/mol. The van der Waals surface area contributed by atoms with Crippen LogP contribution in [0.5, 0.6) is 0 Å². The van der Waals surface area contributed by atoms with Gasteiger partial charge in [-0.2, -0.15) is 0 Å². The van der Waals surface area contributed by atoms with E-state index in [-0.39, 0.29) is 42.4 Å². The van der Waals surface area contributed by atoms with E-state index in [9.17, 15) is 14.4 Å². The normalized spacial score (nSPS) is 20.3. The molecule has 0 spiro atoms. The lowest BCUT2D eigenvalue weighted by molar-refractivity contribution is -0.151. The Morgan fingerprint density at radius 2 is 1.56 bits per heavy atom. The van der Waals surface area contributed by atoms with Crippen LogP contribution in [0.4, 0.5) is 0 Å². The molecule has 0 radical (unpaired) electrons. The van der Waals surface area contributed by atoms with Crippen molar-refractivity contribution in [3.63, 3.8) is 0 Å². The summed E-state index contributed by atoms with van der Waals surface area (Å²) in [5.74, 6) is -0.924. The van der Waals surface area contributed by atoms with Gasteiger partial charge in [-0.25, -0.2) is 0 Å². The molecule has 0 saturated heterocycles. The predicted octanol–water partition coefficient (Wildman–Crippen LogP) is 6.77. The molecule has 1 N–H and O–H groups in total. The average Bonchev–Trinajstić information content (AvgIpc) is 2.77. The van der Waals surface area contributed by atoms with Crippen molar-refractivity contribution in [2.24, 2.45) is 11.8 Å². The number of hydrogen-bond donors (Lipinski definition) is 1. The quantitative estimate of drug-likeness (QED) is 0.141. The Morgan fingerprint density at radius 1 is 0.882 bits per heavy atom. The summed E-state index contributed by atoms with van der Waals surface area (Å²) in [5, 5.41) is 8.96. The highest BCUT2D eigenvalue weighted by Gasteiger charge is 2.32. The Balaban J connectivity index is 2.69. The Hall–Kier alpha value is -2.11. The summed E-state index contributed by atoms with van der Waals surface area (Å²) in [6, 6.07) is 0. The van der Waals surface area contributed by atoms with E-state index < -0.39 is 5.97 Å². The summed E-state index contributed by atoms with van der Waals surface area (Å²) >= 11 is 0. The summed E-state index contributed by atoms with van der Waals surface area (Å²) in [7, 11) is 0. The van der Waals surface area contributed by atoms with Crippen LogP contribution < -0.4 is 0 Å². The van der Waals surface area contributed by atoms with Gasteiger partial charge in [-0.15, -0.1) is 0 Å². The SMILES string of the molecule is CCCCCCCCC(/C=C/C=C/[C@H]1CCCC[C@H]1C(CCCC(=O)O)OC(C)=O)OC(C)=O. The third-order valence-electron chi connectivity index (χ3n) is 6.50. The van der Waals surface area contributed by atoms with Crippen molar-refractivity contribution in [2.45, 2.75) is 123 Å². The molecule has 1 aliphatic rings. The van der Waals surface area contributed by atoms with Crippen LogP contribution in [-0.4, -0.2) is 35.2 Å². The summed E-state index contributed by atoms with van der Waals surface area (Å²) in [5.41, 5.74) is 0. The molecule has 34 heavy (non-hydrogen) atoms. The molecule has 0 heterocycles. The number of hydrogen-bond acceptors (Lipinski definition) is 5. The minimum absolute atomic E-state index is 0.0872. The van der Waals surface area contributed by atoms with Crippen LogP contribution >= 0.6 is 0 Å². The fourth-order valence-corrected chi connectivity index (χ4v) is 4.85. The smallest absolute Gasteiger partial charge is 0.303 e. The number of carboxylic acids is 1. The lowest BCUT2D eigenvalue weighted by Gasteiger charge is -2.35. The Labute approximate surface area is 206 Å². The minimum Gasteiger partial charge on any atom is -0.481 e. The molecular formula is C28H46O6. The van der Waals surface area contributed by atoms with Crippen LogP contribution in [0.2, 0.25) is 0 Å². The lowest BCUT2D eigenvalue weighted by atomic mass is 9.75. The molecule has 1 rings (SSSR count). The summed E-state index contributed by atoms with van der Waals surface area (Å²) in [6.45, 7) is 5.07. The summed E-state index contributed by atoms with van der Waals surface area (Å²) < 4.78 is 11.1. The van der Waals surface area contributed by atoms with Gasteiger partial charge in [-0.1, -0.05) is 70.1 Å². The molecular weight excluding hydrogens is 432 g/mol. The zero-order chi connectivity index (χ0) is 25.2. The van der Waals surface area contributed by atoms with Crippen LogP contribution in [0, 0.1) is 11.8 Å². The second-order valence-corrected chi connectivity index (χ2v) is 9.52. The van der Waals surface area contributed by atoms with Crippen LogP contribution in [-0.2, 0) is 23.9 Å². The van der Waals surface area contributed by atoms with Crippen molar-refractivity contribution in [2.75, 3.05) is 0 Å². The van der Waals surface area contributed by atoms with E-state index in [2.05, 4.69) is 13.0 Å². The largest absolute Gasteiger partial charge is 0.481 e. The molecule has 6 nitrogen and oxygen atoms in total. The Morgan fingerprint density at radius 3 is 2.24 bits per heavy atom. The molecule has 1 fully saturated rings. The number of aliphatic carboxylic acids is 1. The number of carbonyl (C=O) groups excluding carboxylic acids is 2. The van der Waals surface area contributed by atoms with Crippen molar-refractivity contribution in [3.05, 3.63) is 24.3 Å². The van der Waals surface area contributed by atoms with E-state index in [1.807, 2.05) is 18.2 Å². The van der Waals surface area contributed by atoms with Gasteiger partial charge < -0.3 is 14.6 Å². The minimum atomic E-state index is -0.824. The number of rotatable bonds is 17. The fraction of sp³-hybridized carbons (Fsp3) is 0.750. The molecule has 1 aliphatic carbocycles. The third kappa shape index (κ3) is 14.2. The van der Waals surface area contributed by atoms with Gasteiger partial charge in [0.2, 0.25) is 0 Å².